The number of nitrogen functional groups attached to an aromatic ring is 1. The maximum atomic E-state index is 13.7. The van der Waals surface area contributed by atoms with Crippen molar-refractivity contribution in [3.05, 3.63) is 51.2 Å². The Morgan fingerprint density at radius 3 is 2.45 bits per heavy atom. The summed E-state index contributed by atoms with van der Waals surface area (Å²) in [6.07, 6.45) is 0. The molecule has 0 atom stereocenters. The molecule has 0 radical (unpaired) electrons. The second-order valence-electron chi connectivity index (χ2n) is 3.89. The fraction of sp³-hybridized carbons (Fsp3) is 0. The summed E-state index contributed by atoms with van der Waals surface area (Å²) in [5.74, 6) is -0.897. The van der Waals surface area contributed by atoms with Crippen LogP contribution >= 0.6 is 31.9 Å². The zero-order valence-corrected chi connectivity index (χ0v) is 13.9. The van der Waals surface area contributed by atoms with E-state index in [1.54, 1.807) is 18.2 Å². The predicted molar refractivity (Wildman–Crippen MR) is 83.5 cm³/mol. The van der Waals surface area contributed by atoms with E-state index in [9.17, 15) is 12.8 Å². The zero-order chi connectivity index (χ0) is 14.9. The molecule has 3 N–H and O–H groups in total. The summed E-state index contributed by atoms with van der Waals surface area (Å²) in [7, 11) is -4.11. The van der Waals surface area contributed by atoms with E-state index in [1.807, 2.05) is 0 Å². The number of hydrogen-bond acceptors (Lipinski definition) is 3. The van der Waals surface area contributed by atoms with Crippen LogP contribution in [-0.4, -0.2) is 8.42 Å². The van der Waals surface area contributed by atoms with Crippen LogP contribution in [0.1, 0.15) is 0 Å². The second kappa shape index (κ2) is 5.71. The molecule has 0 saturated carbocycles. The number of benzene rings is 2. The molecule has 0 spiro atoms. The van der Waals surface area contributed by atoms with Crippen LogP contribution in [0.25, 0.3) is 0 Å². The summed E-state index contributed by atoms with van der Waals surface area (Å²) < 4.78 is 41.7. The predicted octanol–water partition coefficient (Wildman–Crippen LogP) is 3.73. The highest BCUT2D eigenvalue weighted by Crippen LogP contribution is 2.30. The Labute approximate surface area is 132 Å². The van der Waals surface area contributed by atoms with Gasteiger partial charge in [-0.2, -0.15) is 0 Å². The topological polar surface area (TPSA) is 72.2 Å². The molecule has 0 aliphatic heterocycles. The van der Waals surface area contributed by atoms with E-state index in [-0.39, 0.29) is 11.4 Å². The Balaban J connectivity index is 2.46. The van der Waals surface area contributed by atoms with Crippen LogP contribution in [0.2, 0.25) is 0 Å². The average Bonchev–Trinajstić information content (AvgIpc) is 2.32. The number of rotatable bonds is 3. The van der Waals surface area contributed by atoms with Crippen molar-refractivity contribution in [1.29, 1.82) is 0 Å². The smallest absolute Gasteiger partial charge is 0.266 e. The third-order valence-corrected chi connectivity index (χ3v) is 5.05. The fourth-order valence-corrected chi connectivity index (χ4v) is 4.13. The van der Waals surface area contributed by atoms with Gasteiger partial charge in [0, 0.05) is 8.95 Å². The molecule has 4 nitrogen and oxygen atoms in total. The van der Waals surface area contributed by atoms with Crippen LogP contribution in [0.3, 0.4) is 0 Å². The van der Waals surface area contributed by atoms with Gasteiger partial charge in [0.2, 0.25) is 0 Å². The minimum atomic E-state index is -4.11. The molecule has 0 amide bonds. The Morgan fingerprint density at radius 2 is 1.85 bits per heavy atom. The monoisotopic (exact) mass is 422 g/mol. The molecule has 2 rings (SSSR count). The molecule has 0 heterocycles. The van der Waals surface area contributed by atoms with E-state index in [0.717, 1.165) is 10.5 Å². The van der Waals surface area contributed by atoms with E-state index in [2.05, 4.69) is 36.6 Å². The molecule has 2 aromatic carbocycles. The minimum absolute atomic E-state index is 0.147. The molecule has 20 heavy (non-hydrogen) atoms. The van der Waals surface area contributed by atoms with Crippen molar-refractivity contribution in [3.63, 3.8) is 0 Å². The number of nitrogens with two attached hydrogens (primary N) is 1. The van der Waals surface area contributed by atoms with Gasteiger partial charge in [-0.25, -0.2) is 12.8 Å². The lowest BCUT2D eigenvalue weighted by molar-refractivity contribution is 0.572. The largest absolute Gasteiger partial charge is 0.398 e. The maximum absolute atomic E-state index is 13.7. The normalized spacial score (nSPS) is 11.3. The van der Waals surface area contributed by atoms with Crippen LogP contribution in [0.4, 0.5) is 15.8 Å². The summed E-state index contributed by atoms with van der Waals surface area (Å²) in [4.78, 5) is -0.560. The van der Waals surface area contributed by atoms with Gasteiger partial charge in [-0.15, -0.1) is 0 Å². The minimum Gasteiger partial charge on any atom is -0.398 e. The molecule has 0 fully saturated rings. The molecule has 2 aromatic rings. The number of sulfonamides is 1. The number of anilines is 2. The summed E-state index contributed by atoms with van der Waals surface area (Å²) >= 11 is 6.48. The van der Waals surface area contributed by atoms with Crippen molar-refractivity contribution in [2.75, 3.05) is 10.5 Å². The molecular formula is C12H9Br2FN2O2S. The molecule has 106 valence electrons. The number of halogens is 3. The standard InChI is InChI=1S/C12H9Br2FN2O2S/c13-7-4-5-11(8(14)6-7)17-20(18,19)12-9(15)2-1-3-10(12)16/h1-6,17H,16H2. The first-order valence-electron chi connectivity index (χ1n) is 5.33. The SMILES string of the molecule is Nc1cccc(F)c1S(=O)(=O)Nc1ccc(Br)cc1Br. The van der Waals surface area contributed by atoms with Gasteiger partial charge in [0.25, 0.3) is 10.0 Å². The molecular weight excluding hydrogens is 415 g/mol. The quantitative estimate of drug-likeness (QED) is 0.738. The maximum Gasteiger partial charge on any atom is 0.266 e. The van der Waals surface area contributed by atoms with E-state index in [4.69, 9.17) is 5.73 Å². The molecule has 0 bridgehead atoms. The molecule has 0 aliphatic carbocycles. The van der Waals surface area contributed by atoms with Gasteiger partial charge in [0.1, 0.15) is 10.7 Å². The lowest BCUT2D eigenvalue weighted by Gasteiger charge is -2.12. The van der Waals surface area contributed by atoms with Gasteiger partial charge in [0.15, 0.2) is 0 Å². The van der Waals surface area contributed by atoms with Crippen LogP contribution in [-0.2, 0) is 10.0 Å². The highest BCUT2D eigenvalue weighted by molar-refractivity contribution is 9.11. The summed E-state index contributed by atoms with van der Waals surface area (Å²) in [5.41, 5.74) is 5.69. The fourth-order valence-electron chi connectivity index (χ4n) is 1.58. The average molecular weight is 424 g/mol. The third kappa shape index (κ3) is 3.13. The van der Waals surface area contributed by atoms with Crippen molar-refractivity contribution in [1.82, 2.24) is 0 Å². The molecule has 0 aliphatic rings. The lowest BCUT2D eigenvalue weighted by atomic mass is 10.3. The highest BCUT2D eigenvalue weighted by Gasteiger charge is 2.23. The number of nitrogens with one attached hydrogen (secondary N) is 1. The van der Waals surface area contributed by atoms with Crippen LogP contribution in [0.5, 0.6) is 0 Å². The van der Waals surface area contributed by atoms with Crippen LogP contribution < -0.4 is 10.5 Å². The second-order valence-corrected chi connectivity index (χ2v) is 7.28. The first kappa shape index (κ1) is 15.3. The molecule has 0 saturated heterocycles. The van der Waals surface area contributed by atoms with E-state index in [1.165, 1.54) is 12.1 Å². The Hall–Kier alpha value is -1.12. The van der Waals surface area contributed by atoms with Gasteiger partial charge in [-0.05, 0) is 46.3 Å². The van der Waals surface area contributed by atoms with Crippen molar-refractivity contribution in [2.24, 2.45) is 0 Å². The lowest BCUT2D eigenvalue weighted by Crippen LogP contribution is -2.16. The Morgan fingerprint density at radius 1 is 1.15 bits per heavy atom. The van der Waals surface area contributed by atoms with Gasteiger partial charge in [-0.1, -0.05) is 22.0 Å². The van der Waals surface area contributed by atoms with Gasteiger partial charge < -0.3 is 5.73 Å². The summed E-state index contributed by atoms with van der Waals surface area (Å²) in [6.45, 7) is 0. The van der Waals surface area contributed by atoms with Gasteiger partial charge >= 0.3 is 0 Å². The van der Waals surface area contributed by atoms with Crippen molar-refractivity contribution in [3.8, 4) is 0 Å². The van der Waals surface area contributed by atoms with E-state index >= 15 is 0 Å². The summed E-state index contributed by atoms with van der Waals surface area (Å²) in [5, 5.41) is 0. The summed E-state index contributed by atoms with van der Waals surface area (Å²) in [6, 6.07) is 8.59. The zero-order valence-electron chi connectivity index (χ0n) is 9.90. The van der Waals surface area contributed by atoms with Crippen molar-refractivity contribution >= 4 is 53.3 Å². The van der Waals surface area contributed by atoms with Crippen molar-refractivity contribution in [2.45, 2.75) is 4.90 Å². The molecule has 0 aromatic heterocycles. The first-order chi connectivity index (χ1) is 9.31. The van der Waals surface area contributed by atoms with E-state index in [0.29, 0.717) is 4.47 Å². The van der Waals surface area contributed by atoms with E-state index < -0.39 is 20.7 Å². The van der Waals surface area contributed by atoms with Crippen molar-refractivity contribution < 1.29 is 12.8 Å². The van der Waals surface area contributed by atoms with Gasteiger partial charge in [0.05, 0.1) is 11.4 Å². The highest BCUT2D eigenvalue weighted by atomic mass is 79.9. The third-order valence-electron chi connectivity index (χ3n) is 2.44. The Kier molecular flexibility index (Phi) is 4.36. The van der Waals surface area contributed by atoms with Gasteiger partial charge in [-0.3, -0.25) is 4.72 Å². The van der Waals surface area contributed by atoms with Crippen LogP contribution in [0.15, 0.2) is 50.2 Å². The molecule has 0 unspecified atom stereocenters. The van der Waals surface area contributed by atoms with Crippen LogP contribution in [0, 0.1) is 5.82 Å². The number of hydrogen-bond donors (Lipinski definition) is 2. The Bertz CT molecular complexity index is 746. The molecule has 8 heteroatoms. The first-order valence-corrected chi connectivity index (χ1v) is 8.40.